The molecule has 1 atom stereocenters. The molecule has 132 valence electrons. The number of rotatable bonds is 3. The number of aromatic hydroxyl groups is 1. The van der Waals surface area contributed by atoms with Gasteiger partial charge in [0.05, 0.1) is 11.8 Å². The highest BCUT2D eigenvalue weighted by Crippen LogP contribution is 2.27. The minimum Gasteiger partial charge on any atom is -0.494 e. The van der Waals surface area contributed by atoms with Crippen molar-refractivity contribution in [1.82, 2.24) is 14.6 Å². The molecule has 2 heterocycles. The Kier molecular flexibility index (Phi) is 4.38. The maximum Gasteiger partial charge on any atom is 0.267 e. The van der Waals surface area contributed by atoms with Crippen molar-refractivity contribution in [3.8, 4) is 5.88 Å². The molecule has 2 N–H and O–H groups in total. The number of nitrogens with one attached hydrogen (secondary N) is 1. The molecule has 0 amide bonds. The number of benzene rings is 1. The lowest BCUT2D eigenvalue weighted by molar-refractivity contribution is 0.414. The number of aromatic nitrogens is 2. The largest absolute Gasteiger partial charge is 0.494 e. The van der Waals surface area contributed by atoms with E-state index in [0.717, 1.165) is 11.3 Å². The maximum absolute atomic E-state index is 12.5. The number of hydrogen-bond donors (Lipinski definition) is 2. The standard InChI is InChI=1S/C17H21N5O2S/c1-20(2)11-7-5-10(6-8-11)12-9-13(19-18-12)14-15(23)21(3)17(25)22(4)16(14)24/h5-8,12,18,23H,9H2,1-4H3. The van der Waals surface area contributed by atoms with E-state index in [1.807, 2.05) is 43.3 Å². The summed E-state index contributed by atoms with van der Waals surface area (Å²) in [6, 6.07) is 8.12. The molecule has 7 nitrogen and oxygen atoms in total. The van der Waals surface area contributed by atoms with Gasteiger partial charge in [0.15, 0.2) is 4.77 Å². The van der Waals surface area contributed by atoms with Gasteiger partial charge in [-0.1, -0.05) is 12.1 Å². The van der Waals surface area contributed by atoms with Crippen molar-refractivity contribution >= 4 is 23.6 Å². The predicted octanol–water partition coefficient (Wildman–Crippen LogP) is 1.66. The molecule has 0 fully saturated rings. The number of hydrogen-bond acceptors (Lipinski definition) is 6. The van der Waals surface area contributed by atoms with E-state index in [2.05, 4.69) is 10.5 Å². The molecule has 1 aromatic heterocycles. The second-order valence-corrected chi connectivity index (χ2v) is 6.70. The normalized spacial score (nSPS) is 16.5. The van der Waals surface area contributed by atoms with Gasteiger partial charge in [-0.05, 0) is 29.9 Å². The third-order valence-electron chi connectivity index (χ3n) is 4.49. The first-order valence-corrected chi connectivity index (χ1v) is 8.30. The Morgan fingerprint density at radius 1 is 1.24 bits per heavy atom. The lowest BCUT2D eigenvalue weighted by Gasteiger charge is -2.15. The second-order valence-electron chi connectivity index (χ2n) is 6.33. The van der Waals surface area contributed by atoms with E-state index in [0.29, 0.717) is 12.1 Å². The van der Waals surface area contributed by atoms with Crippen molar-refractivity contribution in [2.75, 3.05) is 19.0 Å². The summed E-state index contributed by atoms with van der Waals surface area (Å²) >= 11 is 5.14. The van der Waals surface area contributed by atoms with Gasteiger partial charge >= 0.3 is 0 Å². The number of hydrazone groups is 1. The van der Waals surface area contributed by atoms with Crippen LogP contribution in [0.3, 0.4) is 0 Å². The quantitative estimate of drug-likeness (QED) is 0.816. The van der Waals surface area contributed by atoms with Crippen LogP contribution in [0.25, 0.3) is 0 Å². The van der Waals surface area contributed by atoms with Gasteiger partial charge < -0.3 is 15.4 Å². The highest BCUT2D eigenvalue weighted by molar-refractivity contribution is 7.71. The molecule has 1 aliphatic heterocycles. The van der Waals surface area contributed by atoms with Crippen molar-refractivity contribution in [2.45, 2.75) is 12.5 Å². The zero-order valence-corrected chi connectivity index (χ0v) is 15.5. The van der Waals surface area contributed by atoms with Crippen LogP contribution < -0.4 is 15.9 Å². The minimum absolute atomic E-state index is 0.0381. The number of nitrogens with zero attached hydrogens (tertiary/aromatic N) is 4. The topological polar surface area (TPSA) is 74.8 Å². The van der Waals surface area contributed by atoms with Crippen LogP contribution >= 0.6 is 12.2 Å². The molecule has 0 spiro atoms. The third kappa shape index (κ3) is 2.93. The van der Waals surface area contributed by atoms with Gasteiger partial charge in [-0.15, -0.1) is 0 Å². The molecular formula is C17H21N5O2S. The van der Waals surface area contributed by atoms with Crippen LogP contribution in [0.2, 0.25) is 0 Å². The Morgan fingerprint density at radius 2 is 1.88 bits per heavy atom. The molecule has 1 unspecified atom stereocenters. The first-order chi connectivity index (χ1) is 11.8. The van der Waals surface area contributed by atoms with Crippen LogP contribution in [0, 0.1) is 4.77 Å². The zero-order valence-electron chi connectivity index (χ0n) is 14.6. The van der Waals surface area contributed by atoms with Gasteiger partial charge in [0.1, 0.15) is 5.56 Å². The molecule has 2 aromatic rings. The molecular weight excluding hydrogens is 338 g/mol. The highest BCUT2D eigenvalue weighted by atomic mass is 32.1. The van der Waals surface area contributed by atoms with Gasteiger partial charge in [-0.3, -0.25) is 13.9 Å². The summed E-state index contributed by atoms with van der Waals surface area (Å²) < 4.78 is 3.01. The zero-order chi connectivity index (χ0) is 18.3. The summed E-state index contributed by atoms with van der Waals surface area (Å²) in [6.45, 7) is 0. The molecule has 0 aliphatic carbocycles. The average molecular weight is 359 g/mol. The Balaban J connectivity index is 1.91. The van der Waals surface area contributed by atoms with E-state index < -0.39 is 0 Å². The third-order valence-corrected chi connectivity index (χ3v) is 5.03. The van der Waals surface area contributed by atoms with Crippen molar-refractivity contribution < 1.29 is 5.11 Å². The molecule has 0 saturated heterocycles. The summed E-state index contributed by atoms with van der Waals surface area (Å²) in [4.78, 5) is 14.6. The molecule has 0 radical (unpaired) electrons. The monoisotopic (exact) mass is 359 g/mol. The van der Waals surface area contributed by atoms with Crippen LogP contribution in [0.15, 0.2) is 34.2 Å². The molecule has 0 bridgehead atoms. The minimum atomic E-state index is -0.343. The van der Waals surface area contributed by atoms with Crippen LogP contribution in [0.4, 0.5) is 5.69 Å². The molecule has 0 saturated carbocycles. The van der Waals surface area contributed by atoms with Gasteiger partial charge in [0.2, 0.25) is 5.88 Å². The lowest BCUT2D eigenvalue weighted by Crippen LogP contribution is -2.28. The van der Waals surface area contributed by atoms with Crippen LogP contribution in [0.1, 0.15) is 23.6 Å². The number of anilines is 1. The summed E-state index contributed by atoms with van der Waals surface area (Å²) in [5.74, 6) is -0.155. The fourth-order valence-corrected chi connectivity index (χ4v) is 3.05. The van der Waals surface area contributed by atoms with E-state index in [-0.39, 0.29) is 27.8 Å². The van der Waals surface area contributed by atoms with Gasteiger partial charge in [-0.2, -0.15) is 5.10 Å². The Labute approximate surface area is 150 Å². The first-order valence-electron chi connectivity index (χ1n) is 7.90. The van der Waals surface area contributed by atoms with Crippen molar-refractivity contribution in [3.63, 3.8) is 0 Å². The summed E-state index contributed by atoms with van der Waals surface area (Å²) in [7, 11) is 7.20. The molecule has 1 aliphatic rings. The van der Waals surface area contributed by atoms with E-state index in [1.165, 1.54) is 9.13 Å². The summed E-state index contributed by atoms with van der Waals surface area (Å²) in [6.07, 6.45) is 0.515. The summed E-state index contributed by atoms with van der Waals surface area (Å²) in [5.41, 5.74) is 5.63. The molecule has 3 rings (SSSR count). The second kappa shape index (κ2) is 6.36. The fraction of sp³-hybridized carbons (Fsp3) is 0.353. The average Bonchev–Trinajstić information content (AvgIpc) is 3.08. The fourth-order valence-electron chi connectivity index (χ4n) is 2.88. The Hall–Kier alpha value is -2.61. The summed E-state index contributed by atoms with van der Waals surface area (Å²) in [5, 5.41) is 14.7. The van der Waals surface area contributed by atoms with Gasteiger partial charge in [0, 0.05) is 40.3 Å². The smallest absolute Gasteiger partial charge is 0.267 e. The van der Waals surface area contributed by atoms with Gasteiger partial charge in [0.25, 0.3) is 5.56 Å². The molecule has 1 aromatic carbocycles. The van der Waals surface area contributed by atoms with Crippen molar-refractivity contribution in [3.05, 3.63) is 50.5 Å². The predicted molar refractivity (Wildman–Crippen MR) is 101 cm³/mol. The molecule has 8 heteroatoms. The van der Waals surface area contributed by atoms with Crippen molar-refractivity contribution in [1.29, 1.82) is 0 Å². The Bertz CT molecular complexity index is 957. The SMILES string of the molecule is CN(C)c1ccc(C2CC(c3c(O)n(C)c(=S)n(C)c3=O)=NN2)cc1. The lowest BCUT2D eigenvalue weighted by atomic mass is 9.99. The van der Waals surface area contributed by atoms with Crippen LogP contribution in [0.5, 0.6) is 5.88 Å². The van der Waals surface area contributed by atoms with Crippen molar-refractivity contribution in [2.24, 2.45) is 19.2 Å². The van der Waals surface area contributed by atoms with E-state index in [4.69, 9.17) is 12.2 Å². The van der Waals surface area contributed by atoms with E-state index in [9.17, 15) is 9.90 Å². The highest BCUT2D eigenvalue weighted by Gasteiger charge is 2.27. The van der Waals surface area contributed by atoms with Gasteiger partial charge in [-0.25, -0.2) is 0 Å². The van der Waals surface area contributed by atoms with E-state index >= 15 is 0 Å². The molecule has 25 heavy (non-hydrogen) atoms. The van der Waals surface area contributed by atoms with Crippen LogP contribution in [-0.4, -0.2) is 34.0 Å². The first kappa shape index (κ1) is 17.2. The Morgan fingerprint density at radius 3 is 2.48 bits per heavy atom. The van der Waals surface area contributed by atoms with E-state index in [1.54, 1.807) is 14.1 Å². The maximum atomic E-state index is 12.5. The van der Waals surface area contributed by atoms with Crippen LogP contribution in [-0.2, 0) is 14.1 Å².